The molecule has 0 bridgehead atoms. The lowest BCUT2D eigenvalue weighted by molar-refractivity contribution is -0.237. The zero-order valence-corrected chi connectivity index (χ0v) is 23.4. The molecule has 1 aromatic rings. The fraction of sp³-hybridized carbons (Fsp3) is 0.407. The highest BCUT2D eigenvalue weighted by atomic mass is 32.2. The Balaban J connectivity index is 2.12. The summed E-state index contributed by atoms with van der Waals surface area (Å²) >= 11 is 0.879. The van der Waals surface area contributed by atoms with Crippen LogP contribution < -0.4 is 11.1 Å². The van der Waals surface area contributed by atoms with Gasteiger partial charge < -0.3 is 34.7 Å². The number of dihydropyridines is 1. The lowest BCUT2D eigenvalue weighted by Gasteiger charge is -2.44. The third-order valence-corrected chi connectivity index (χ3v) is 7.09. The predicted octanol–water partition coefficient (Wildman–Crippen LogP) is 1.62. The van der Waals surface area contributed by atoms with Crippen LogP contribution in [0.1, 0.15) is 39.2 Å². The van der Waals surface area contributed by atoms with Crippen molar-refractivity contribution >= 4 is 35.6 Å². The van der Waals surface area contributed by atoms with Crippen LogP contribution in [0.4, 0.5) is 0 Å². The van der Waals surface area contributed by atoms with Crippen LogP contribution >= 0.6 is 11.8 Å². The van der Waals surface area contributed by atoms with Gasteiger partial charge in [-0.05, 0) is 5.56 Å². The van der Waals surface area contributed by atoms with Gasteiger partial charge in [0.2, 0.25) is 0 Å². The third kappa shape index (κ3) is 7.57. The molecule has 1 saturated heterocycles. The van der Waals surface area contributed by atoms with Crippen LogP contribution in [-0.4, -0.2) is 60.3 Å². The summed E-state index contributed by atoms with van der Waals surface area (Å²) < 4.78 is 27.6. The van der Waals surface area contributed by atoms with Gasteiger partial charge in [0, 0.05) is 27.7 Å². The van der Waals surface area contributed by atoms with Gasteiger partial charge in [0.1, 0.15) is 18.5 Å². The van der Waals surface area contributed by atoms with Gasteiger partial charge in [-0.15, -0.1) is 0 Å². The first-order chi connectivity index (χ1) is 19.5. The van der Waals surface area contributed by atoms with Crippen molar-refractivity contribution in [3.05, 3.63) is 57.9 Å². The lowest BCUT2D eigenvalue weighted by Crippen LogP contribution is -2.61. The summed E-state index contributed by atoms with van der Waals surface area (Å²) in [5, 5.41) is 23.1. The van der Waals surface area contributed by atoms with Crippen molar-refractivity contribution in [2.75, 3.05) is 6.61 Å². The molecule has 0 aliphatic carbocycles. The molecule has 3 rings (SSSR count). The van der Waals surface area contributed by atoms with Gasteiger partial charge in [0.25, 0.3) is 0 Å². The Kier molecular flexibility index (Phi) is 10.4. The van der Waals surface area contributed by atoms with Crippen LogP contribution in [-0.2, 0) is 42.9 Å². The summed E-state index contributed by atoms with van der Waals surface area (Å²) in [6, 6.07) is 13.0. The maximum Gasteiger partial charge on any atom is 0.303 e. The van der Waals surface area contributed by atoms with E-state index in [4.69, 9.17) is 29.4 Å². The highest BCUT2D eigenvalue weighted by Gasteiger charge is 2.53. The van der Waals surface area contributed by atoms with E-state index in [1.165, 1.54) is 6.92 Å². The van der Waals surface area contributed by atoms with Gasteiger partial charge in [-0.25, -0.2) is 0 Å². The van der Waals surface area contributed by atoms with Gasteiger partial charge >= 0.3 is 23.9 Å². The molecule has 13 nitrogen and oxygen atoms in total. The van der Waals surface area contributed by atoms with Crippen LogP contribution in [0, 0.1) is 22.7 Å². The molecule has 0 radical (unpaired) electrons. The van der Waals surface area contributed by atoms with Crippen molar-refractivity contribution in [1.29, 1.82) is 10.5 Å². The van der Waals surface area contributed by atoms with Crippen molar-refractivity contribution in [2.45, 2.75) is 63.5 Å². The fourth-order valence-corrected chi connectivity index (χ4v) is 5.63. The number of benzene rings is 1. The first kappa shape index (κ1) is 31.0. The van der Waals surface area contributed by atoms with E-state index in [0.29, 0.717) is 5.56 Å². The molecule has 6 atom stereocenters. The van der Waals surface area contributed by atoms with E-state index in [2.05, 4.69) is 17.5 Å². The smallest absolute Gasteiger partial charge is 0.303 e. The molecule has 0 spiro atoms. The molecule has 41 heavy (non-hydrogen) atoms. The second-order valence-corrected chi connectivity index (χ2v) is 10.1. The summed E-state index contributed by atoms with van der Waals surface area (Å²) in [6.45, 7) is 4.13. The van der Waals surface area contributed by atoms with Crippen molar-refractivity contribution in [3.63, 3.8) is 0 Å². The number of nitrogens with one attached hydrogen (secondary N) is 1. The number of nitrogens with two attached hydrogens (primary N) is 1. The molecule has 0 aromatic heterocycles. The zero-order valence-electron chi connectivity index (χ0n) is 22.6. The normalized spacial score (nSPS) is 25.6. The lowest BCUT2D eigenvalue weighted by atomic mass is 9.84. The van der Waals surface area contributed by atoms with E-state index in [9.17, 15) is 29.7 Å². The Morgan fingerprint density at radius 3 is 1.98 bits per heavy atom. The van der Waals surface area contributed by atoms with Crippen molar-refractivity contribution in [1.82, 2.24) is 5.32 Å². The van der Waals surface area contributed by atoms with E-state index in [-0.39, 0.29) is 22.0 Å². The quantitative estimate of drug-likeness (QED) is 0.330. The van der Waals surface area contributed by atoms with E-state index in [1.54, 1.807) is 30.3 Å². The highest BCUT2D eigenvalue weighted by molar-refractivity contribution is 8.03. The van der Waals surface area contributed by atoms with Gasteiger partial charge in [-0.1, -0.05) is 42.1 Å². The Labute approximate surface area is 240 Å². The molecule has 1 fully saturated rings. The number of esters is 4. The van der Waals surface area contributed by atoms with E-state index < -0.39 is 66.3 Å². The highest BCUT2D eigenvalue weighted by Crippen LogP contribution is 2.43. The van der Waals surface area contributed by atoms with Crippen LogP contribution in [0.15, 0.2) is 52.3 Å². The zero-order chi connectivity index (χ0) is 30.3. The average Bonchev–Trinajstić information content (AvgIpc) is 2.90. The molecule has 2 heterocycles. The molecule has 2 aliphatic heterocycles. The fourth-order valence-electron chi connectivity index (χ4n) is 4.40. The summed E-state index contributed by atoms with van der Waals surface area (Å²) in [6.07, 6.45) is -5.23. The molecule has 14 heteroatoms. The van der Waals surface area contributed by atoms with Gasteiger partial charge in [-0.3, -0.25) is 19.2 Å². The van der Waals surface area contributed by atoms with Gasteiger partial charge in [0.05, 0.1) is 34.2 Å². The third-order valence-electron chi connectivity index (χ3n) is 5.92. The first-order valence-electron chi connectivity index (χ1n) is 12.3. The molecule has 0 saturated carbocycles. The molecular weight excluding hydrogens is 556 g/mol. The molecule has 3 N–H and O–H groups in total. The van der Waals surface area contributed by atoms with Crippen LogP contribution in [0.3, 0.4) is 0 Å². The second-order valence-electron chi connectivity index (χ2n) is 8.95. The topological polar surface area (TPSA) is 200 Å². The minimum atomic E-state index is -1.38. The Morgan fingerprint density at radius 1 is 0.878 bits per heavy atom. The summed E-state index contributed by atoms with van der Waals surface area (Å²) in [4.78, 5) is 47.8. The van der Waals surface area contributed by atoms with Crippen molar-refractivity contribution < 1.29 is 42.9 Å². The van der Waals surface area contributed by atoms with E-state index in [0.717, 1.165) is 32.5 Å². The minimum Gasteiger partial charge on any atom is -0.463 e. The molecule has 1 unspecified atom stereocenters. The predicted molar refractivity (Wildman–Crippen MR) is 141 cm³/mol. The van der Waals surface area contributed by atoms with E-state index >= 15 is 0 Å². The molecule has 0 amide bonds. The molecular formula is C27H28N4O9S. The Hall–Kier alpha value is -4.53. The van der Waals surface area contributed by atoms with Gasteiger partial charge in [-0.2, -0.15) is 10.5 Å². The molecule has 1 aromatic carbocycles. The Bertz CT molecular complexity index is 1350. The molecule has 2 aliphatic rings. The SMILES string of the molecule is CC(=O)OC[C@H]1O[C@@H](SC2=C(C#N)C(c3ccccc3)C(C#N)=C(N)N2)[C@H](OC(C)=O)[C@@H](OC(C)=O)[C@H]1OC(C)=O. The average molecular weight is 585 g/mol. The maximum atomic E-state index is 12.1. The number of hydrogen-bond donors (Lipinski definition) is 2. The van der Waals surface area contributed by atoms with Crippen molar-refractivity contribution in [2.24, 2.45) is 5.73 Å². The summed E-state index contributed by atoms with van der Waals surface area (Å²) in [5.74, 6) is -3.77. The number of hydrogen-bond acceptors (Lipinski definition) is 14. The van der Waals surface area contributed by atoms with Crippen LogP contribution in [0.2, 0.25) is 0 Å². The molecule has 216 valence electrons. The number of ether oxygens (including phenoxy) is 5. The standard InChI is InChI=1S/C27H28N4O9S/c1-13(32)36-12-20-22(37-14(2)33)23(38-15(3)34)24(39-16(4)35)27(40-20)41-26-19(11-29)21(17-8-6-5-7-9-17)18(10-28)25(30)31-26/h5-9,20-24,27,31H,12,30H2,1-4H3/t20-,21?,22+,23+,24-,27+/m1/s1. The minimum absolute atomic E-state index is 0.00603. The second kappa shape index (κ2) is 13.7. The maximum absolute atomic E-state index is 12.1. The largest absolute Gasteiger partial charge is 0.463 e. The number of carbonyl (C=O) groups is 4. The Morgan fingerprint density at radius 2 is 1.44 bits per heavy atom. The first-order valence-corrected chi connectivity index (χ1v) is 13.2. The van der Waals surface area contributed by atoms with Crippen molar-refractivity contribution in [3.8, 4) is 12.1 Å². The number of rotatable bonds is 8. The van der Waals surface area contributed by atoms with Gasteiger partial charge in [0.15, 0.2) is 23.7 Å². The van der Waals surface area contributed by atoms with Crippen LogP contribution in [0.5, 0.6) is 0 Å². The number of thioether (sulfide) groups is 1. The summed E-state index contributed by atoms with van der Waals surface area (Å²) in [7, 11) is 0. The summed E-state index contributed by atoms with van der Waals surface area (Å²) in [5.41, 5.74) is 5.88. The van der Waals surface area contributed by atoms with Crippen LogP contribution in [0.25, 0.3) is 0 Å². The number of carbonyl (C=O) groups excluding carboxylic acids is 4. The number of nitrogens with zero attached hydrogens (tertiary/aromatic N) is 2. The number of nitriles is 2. The monoisotopic (exact) mass is 584 g/mol. The number of allylic oxidation sites excluding steroid dienone is 2. The van der Waals surface area contributed by atoms with E-state index in [1.807, 2.05) is 0 Å².